The van der Waals surface area contributed by atoms with Gasteiger partial charge >= 0.3 is 11.8 Å². The molecule has 3 heterocycles. The zero-order chi connectivity index (χ0) is 39.4. The Morgan fingerprint density at radius 1 is 0.981 bits per heavy atom. The number of Topliss-reactive ketones (excluding diaryl/α,β-unsaturated/α-hetero) is 4. The largest absolute Gasteiger partial charge is 0.507 e. The van der Waals surface area contributed by atoms with Crippen LogP contribution in [0.1, 0.15) is 91.0 Å². The number of likely N-dealkylation sites (N-methyl/N-ethyl adjacent to an activating group) is 1. The van der Waals surface area contributed by atoms with Gasteiger partial charge in [0.25, 0.3) is 5.78 Å². The van der Waals surface area contributed by atoms with Crippen LogP contribution in [0.3, 0.4) is 0 Å². The van der Waals surface area contributed by atoms with Crippen LogP contribution in [0.4, 0.5) is 0 Å². The monoisotopic (exact) mass is 740 g/mol. The molecule has 11 atom stereocenters. The van der Waals surface area contributed by atoms with E-state index in [4.69, 9.17) is 18.9 Å². The quantitative estimate of drug-likeness (QED) is 0.281. The van der Waals surface area contributed by atoms with Crippen LogP contribution in [0.2, 0.25) is 0 Å². The first kappa shape index (κ1) is 39.6. The number of aliphatic hydroxyl groups is 2. The van der Waals surface area contributed by atoms with Crippen LogP contribution in [0.5, 0.6) is 11.5 Å². The fourth-order valence-corrected chi connectivity index (χ4v) is 7.82. The molecule has 1 unspecified atom stereocenters. The molecule has 1 saturated carbocycles. The normalized spacial score (nSPS) is 35.6. The summed E-state index contributed by atoms with van der Waals surface area (Å²) in [6, 6.07) is 0. The molecule has 5 aliphatic rings. The number of aromatic hydroxyl groups is 1. The number of carbonyl (C=O) groups excluding carboxylic acids is 6. The Balaban J connectivity index is 1.60. The number of rotatable bonds is 3. The maximum atomic E-state index is 14.1. The van der Waals surface area contributed by atoms with Crippen molar-refractivity contribution in [1.82, 2.24) is 10.6 Å². The lowest BCUT2D eigenvalue weighted by Gasteiger charge is -2.37. The lowest BCUT2D eigenvalue weighted by Crippen LogP contribution is -2.46. The fraction of sp³-hybridized carbons (Fsp3) is 0.579. The first-order valence-electron chi connectivity index (χ1n) is 17.7. The van der Waals surface area contributed by atoms with Gasteiger partial charge in [-0.15, -0.1) is 0 Å². The predicted molar refractivity (Wildman–Crippen MR) is 186 cm³/mol. The highest BCUT2D eigenvalue weighted by molar-refractivity contribution is 6.32. The van der Waals surface area contributed by atoms with E-state index < -0.39 is 118 Å². The minimum atomic E-state index is -2.07. The van der Waals surface area contributed by atoms with Gasteiger partial charge in [-0.2, -0.15) is 0 Å². The summed E-state index contributed by atoms with van der Waals surface area (Å²) in [7, 11) is 2.75. The Morgan fingerprint density at radius 2 is 1.64 bits per heavy atom. The van der Waals surface area contributed by atoms with Crippen molar-refractivity contribution in [1.29, 1.82) is 0 Å². The number of aliphatic hydroxyl groups excluding tert-OH is 2. The molecule has 15 heteroatoms. The first-order valence-corrected chi connectivity index (χ1v) is 17.7. The van der Waals surface area contributed by atoms with Crippen molar-refractivity contribution in [3.05, 3.63) is 46.0 Å². The van der Waals surface area contributed by atoms with E-state index in [1.165, 1.54) is 47.9 Å². The third kappa shape index (κ3) is 6.85. The molecule has 0 aromatic heterocycles. The zero-order valence-electron chi connectivity index (χ0n) is 31.3. The number of ketones is 4. The molecular formula is C38H48N2O13. The second-order valence-corrected chi connectivity index (χ2v) is 14.8. The van der Waals surface area contributed by atoms with Crippen LogP contribution in [0, 0.1) is 42.4 Å². The van der Waals surface area contributed by atoms with Crippen molar-refractivity contribution in [2.45, 2.75) is 91.5 Å². The number of ether oxygens (including phenoxy) is 4. The number of allylic oxidation sites excluding steroid dienone is 2. The molecule has 53 heavy (non-hydrogen) atoms. The van der Waals surface area contributed by atoms with Crippen LogP contribution in [-0.4, -0.2) is 94.7 Å². The van der Waals surface area contributed by atoms with Crippen molar-refractivity contribution in [2.24, 2.45) is 35.5 Å². The van der Waals surface area contributed by atoms with Crippen LogP contribution < -0.4 is 15.4 Å². The van der Waals surface area contributed by atoms with Gasteiger partial charge in [-0.3, -0.25) is 28.8 Å². The molecule has 1 aromatic rings. The van der Waals surface area contributed by atoms with E-state index in [-0.39, 0.29) is 34.8 Å². The Hall–Kier alpha value is -4.60. The summed E-state index contributed by atoms with van der Waals surface area (Å²) in [5, 5.41) is 39.1. The minimum Gasteiger partial charge on any atom is -0.507 e. The average molecular weight is 741 g/mol. The summed E-state index contributed by atoms with van der Waals surface area (Å²) in [5.74, 6) is -11.3. The van der Waals surface area contributed by atoms with Gasteiger partial charge < -0.3 is 44.9 Å². The van der Waals surface area contributed by atoms with Gasteiger partial charge in [0, 0.05) is 69.6 Å². The van der Waals surface area contributed by atoms with Gasteiger partial charge in [-0.05, 0) is 25.3 Å². The number of carbonyl (C=O) groups is 6. The van der Waals surface area contributed by atoms with Crippen molar-refractivity contribution in [3.63, 3.8) is 0 Å². The number of hydrogen-bond acceptors (Lipinski definition) is 14. The van der Waals surface area contributed by atoms with Crippen molar-refractivity contribution >= 4 is 35.0 Å². The number of fused-ring (bicyclic) bond motifs is 13. The molecule has 288 valence electrons. The highest BCUT2D eigenvalue weighted by atomic mass is 16.7. The maximum absolute atomic E-state index is 14.1. The van der Waals surface area contributed by atoms with E-state index in [9.17, 15) is 44.1 Å². The van der Waals surface area contributed by atoms with E-state index in [0.29, 0.717) is 6.42 Å². The van der Waals surface area contributed by atoms with Crippen molar-refractivity contribution < 1.29 is 63.0 Å². The van der Waals surface area contributed by atoms with Crippen molar-refractivity contribution in [2.75, 3.05) is 14.2 Å². The Bertz CT molecular complexity index is 1820. The fourth-order valence-electron chi connectivity index (χ4n) is 7.82. The Morgan fingerprint density at radius 3 is 2.25 bits per heavy atom. The average Bonchev–Trinajstić information content (AvgIpc) is 3.87. The molecule has 6 rings (SSSR count). The molecule has 15 nitrogen and oxygen atoms in total. The number of phenols is 1. The molecule has 3 aliphatic heterocycles. The highest BCUT2D eigenvalue weighted by Gasteiger charge is 2.54. The topological polar surface area (TPSA) is 224 Å². The summed E-state index contributed by atoms with van der Waals surface area (Å²) in [6.07, 6.45) is -1.33. The van der Waals surface area contributed by atoms with Gasteiger partial charge in [0.05, 0.1) is 41.3 Å². The zero-order valence-corrected chi connectivity index (χ0v) is 31.3. The summed E-state index contributed by atoms with van der Waals surface area (Å²) in [4.78, 5) is 81.1. The van der Waals surface area contributed by atoms with E-state index in [0.717, 1.165) is 6.26 Å². The SMILES string of the molecule is CNC1=C2NC(=O)C(C)CC(=O)[C@@H]3C[C@@H]3[C@H](O)[C@@H](C)[C@@H](O)[C@@H](C)[C@H](OC(C)=O)[C@H](C)[C@@H](OC)/C=C/O[C@@]3(C)Oc4c(C)c(O)c(c(c4C3=O)C1=O)C2=O. The van der Waals surface area contributed by atoms with Gasteiger partial charge in [-0.1, -0.05) is 27.7 Å². The molecule has 5 N–H and O–H groups in total. The van der Waals surface area contributed by atoms with E-state index in [1.807, 2.05) is 0 Å². The second-order valence-electron chi connectivity index (χ2n) is 14.8. The number of esters is 1. The van der Waals surface area contributed by atoms with Gasteiger partial charge in [-0.25, -0.2) is 0 Å². The molecule has 0 saturated heterocycles. The number of phenolic OH excluding ortho intramolecular Hbond substituents is 1. The molecule has 1 amide bonds. The Kier molecular flexibility index (Phi) is 11.0. The van der Waals surface area contributed by atoms with E-state index >= 15 is 0 Å². The number of nitrogens with one attached hydrogen (secondary N) is 2. The smallest absolute Gasteiger partial charge is 0.312 e. The molecule has 1 aromatic carbocycles. The van der Waals surface area contributed by atoms with Crippen LogP contribution in [0.15, 0.2) is 23.7 Å². The van der Waals surface area contributed by atoms with Gasteiger partial charge in [0.1, 0.15) is 34.8 Å². The molecule has 2 aliphatic carbocycles. The third-order valence-corrected chi connectivity index (χ3v) is 11.2. The summed E-state index contributed by atoms with van der Waals surface area (Å²) < 4.78 is 23.2. The van der Waals surface area contributed by atoms with Crippen LogP contribution >= 0.6 is 0 Å². The van der Waals surface area contributed by atoms with Crippen molar-refractivity contribution in [3.8, 4) is 11.5 Å². The number of methoxy groups -OCH3 is 1. The standard InChI is InChI=1S/C38H48N2O13/c1-14-12-22(42)20-13-21(20)30(44)16(3)29(43)17(4)34(52-19(6)41)15(2)23(50-9)10-11-51-38(7)36(48)26-24-25(31(45)18(5)35(26)53-38)33(47)28(40-37(14)49)27(39-8)32(24)46/h10-11,14-17,20-21,23,29-30,34,39,43-45H,12-13H2,1-9H3,(H,40,49)/b11-10+/t14?,15-,16+,17-,20-,21+,23+,29-,30-,34-,38+/m1/s1. The summed E-state index contributed by atoms with van der Waals surface area (Å²) in [5.41, 5.74) is -2.05. The maximum Gasteiger partial charge on any atom is 0.312 e. The number of amides is 1. The highest BCUT2D eigenvalue weighted by Crippen LogP contribution is 2.49. The first-order chi connectivity index (χ1) is 24.8. The second kappa shape index (κ2) is 14.7. The van der Waals surface area contributed by atoms with Gasteiger partial charge in [0.2, 0.25) is 17.5 Å². The minimum absolute atomic E-state index is 0.0248. The summed E-state index contributed by atoms with van der Waals surface area (Å²) >= 11 is 0. The van der Waals surface area contributed by atoms with Crippen LogP contribution in [0.25, 0.3) is 0 Å². The van der Waals surface area contributed by atoms with Crippen LogP contribution in [-0.2, 0) is 28.6 Å². The Labute approximate surface area is 307 Å². The lowest BCUT2D eigenvalue weighted by atomic mass is 9.79. The van der Waals surface area contributed by atoms with E-state index in [1.54, 1.807) is 20.8 Å². The summed E-state index contributed by atoms with van der Waals surface area (Å²) in [6.45, 7) is 10.4. The lowest BCUT2D eigenvalue weighted by molar-refractivity contribution is -0.160. The molecule has 0 spiro atoms. The molecule has 5 bridgehead atoms. The number of benzene rings is 1. The van der Waals surface area contributed by atoms with Gasteiger partial charge in [0.15, 0.2) is 0 Å². The predicted octanol–water partition coefficient (Wildman–Crippen LogP) is 2.27. The number of hydrogen-bond donors (Lipinski definition) is 5. The molecule has 0 radical (unpaired) electrons. The third-order valence-electron chi connectivity index (χ3n) is 11.2. The molecule has 1 fully saturated rings. The van der Waals surface area contributed by atoms with E-state index in [2.05, 4.69) is 10.6 Å². The molecular weight excluding hydrogens is 692 g/mol.